The number of carbonyl (C=O) groups excluding carboxylic acids is 2. The van der Waals surface area contributed by atoms with Crippen LogP contribution in [0.4, 0.5) is 0 Å². The molecule has 2 aliphatic heterocycles. The molecule has 1 aromatic carbocycles. The average Bonchev–Trinajstić information content (AvgIpc) is 3.31. The Hall–Kier alpha value is -1.92. The molecule has 0 aliphatic carbocycles. The third-order valence-corrected chi connectivity index (χ3v) is 4.22. The minimum Gasteiger partial charge on any atom is -0.459 e. The van der Waals surface area contributed by atoms with Gasteiger partial charge in [-0.15, -0.1) is 0 Å². The van der Waals surface area contributed by atoms with Crippen LogP contribution in [0, 0.1) is 0 Å². The normalized spacial score (nSPS) is 23.2. The van der Waals surface area contributed by atoms with E-state index in [4.69, 9.17) is 18.9 Å². The fraction of sp³-hybridized carbons (Fsp3) is 0.556. The van der Waals surface area contributed by atoms with E-state index < -0.39 is 11.9 Å². The first-order valence-electron chi connectivity index (χ1n) is 8.40. The van der Waals surface area contributed by atoms with Crippen LogP contribution >= 0.6 is 0 Å². The van der Waals surface area contributed by atoms with E-state index in [0.717, 1.165) is 25.7 Å². The van der Waals surface area contributed by atoms with Crippen molar-refractivity contribution in [1.82, 2.24) is 0 Å². The highest BCUT2D eigenvalue weighted by molar-refractivity contribution is 6.03. The van der Waals surface area contributed by atoms with E-state index in [1.165, 1.54) is 0 Å². The van der Waals surface area contributed by atoms with Crippen molar-refractivity contribution in [1.29, 1.82) is 0 Å². The van der Waals surface area contributed by atoms with Gasteiger partial charge in [-0.05, 0) is 37.8 Å². The van der Waals surface area contributed by atoms with Crippen molar-refractivity contribution < 1.29 is 28.5 Å². The molecule has 0 N–H and O–H groups in total. The zero-order chi connectivity index (χ0) is 16.8. The van der Waals surface area contributed by atoms with Gasteiger partial charge in [0.1, 0.15) is 13.2 Å². The Morgan fingerprint density at radius 1 is 0.875 bits per heavy atom. The molecule has 3 rings (SSSR count). The summed E-state index contributed by atoms with van der Waals surface area (Å²) in [6, 6.07) is 6.53. The summed E-state index contributed by atoms with van der Waals surface area (Å²) in [6.07, 6.45) is 3.64. The van der Waals surface area contributed by atoms with Gasteiger partial charge >= 0.3 is 11.9 Å². The molecule has 0 radical (unpaired) electrons. The van der Waals surface area contributed by atoms with E-state index in [9.17, 15) is 9.59 Å². The minimum absolute atomic E-state index is 0.0485. The van der Waals surface area contributed by atoms with Crippen LogP contribution in [0.1, 0.15) is 46.4 Å². The summed E-state index contributed by atoms with van der Waals surface area (Å²) in [5.74, 6) is -1.06. The molecular formula is C18H22O6. The summed E-state index contributed by atoms with van der Waals surface area (Å²) in [5.41, 5.74) is 0.431. The third-order valence-electron chi connectivity index (χ3n) is 4.22. The number of benzene rings is 1. The van der Waals surface area contributed by atoms with Crippen molar-refractivity contribution in [3.63, 3.8) is 0 Å². The zero-order valence-electron chi connectivity index (χ0n) is 13.6. The van der Waals surface area contributed by atoms with Crippen molar-refractivity contribution in [3.05, 3.63) is 35.4 Å². The highest BCUT2D eigenvalue weighted by Crippen LogP contribution is 2.17. The Kier molecular flexibility index (Phi) is 5.82. The van der Waals surface area contributed by atoms with Gasteiger partial charge in [-0.1, -0.05) is 12.1 Å². The number of esters is 2. The molecule has 2 aliphatic rings. The van der Waals surface area contributed by atoms with Crippen LogP contribution in [0.15, 0.2) is 24.3 Å². The van der Waals surface area contributed by atoms with Crippen LogP contribution in [0.3, 0.4) is 0 Å². The lowest BCUT2D eigenvalue weighted by Crippen LogP contribution is -2.22. The summed E-state index contributed by atoms with van der Waals surface area (Å²) in [6.45, 7) is 1.82. The van der Waals surface area contributed by atoms with Crippen LogP contribution in [-0.2, 0) is 18.9 Å². The maximum atomic E-state index is 12.3. The molecule has 130 valence electrons. The molecule has 0 unspecified atom stereocenters. The second-order valence-corrected chi connectivity index (χ2v) is 6.01. The molecule has 2 heterocycles. The van der Waals surface area contributed by atoms with Crippen molar-refractivity contribution in [2.75, 3.05) is 26.4 Å². The standard InChI is InChI=1S/C18H22O6/c19-17(23-11-13-5-3-9-21-13)15-7-1-2-8-16(15)18(20)24-12-14-6-4-10-22-14/h1-2,7-8,13-14H,3-6,9-12H2/t13-,14+. The van der Waals surface area contributed by atoms with E-state index in [2.05, 4.69) is 0 Å². The molecule has 0 bridgehead atoms. The molecule has 6 nitrogen and oxygen atoms in total. The molecule has 24 heavy (non-hydrogen) atoms. The quantitative estimate of drug-likeness (QED) is 0.744. The van der Waals surface area contributed by atoms with Gasteiger partial charge in [0, 0.05) is 13.2 Å². The van der Waals surface area contributed by atoms with Crippen LogP contribution in [0.25, 0.3) is 0 Å². The fourth-order valence-corrected chi connectivity index (χ4v) is 2.88. The topological polar surface area (TPSA) is 71.1 Å². The Morgan fingerprint density at radius 3 is 1.71 bits per heavy atom. The monoisotopic (exact) mass is 334 g/mol. The van der Waals surface area contributed by atoms with E-state index >= 15 is 0 Å². The minimum atomic E-state index is -0.532. The van der Waals surface area contributed by atoms with Crippen molar-refractivity contribution in [2.45, 2.75) is 37.9 Å². The van der Waals surface area contributed by atoms with Crippen molar-refractivity contribution in [2.24, 2.45) is 0 Å². The summed E-state index contributed by atoms with van der Waals surface area (Å²) in [7, 11) is 0. The maximum Gasteiger partial charge on any atom is 0.339 e. The molecule has 2 saturated heterocycles. The first-order chi connectivity index (χ1) is 11.7. The van der Waals surface area contributed by atoms with Crippen LogP contribution < -0.4 is 0 Å². The van der Waals surface area contributed by atoms with E-state index in [1.807, 2.05) is 0 Å². The zero-order valence-corrected chi connectivity index (χ0v) is 13.6. The van der Waals surface area contributed by atoms with Gasteiger partial charge in [0.15, 0.2) is 0 Å². The van der Waals surface area contributed by atoms with Gasteiger partial charge in [-0.25, -0.2) is 9.59 Å². The van der Waals surface area contributed by atoms with Gasteiger partial charge in [-0.2, -0.15) is 0 Å². The summed E-state index contributed by atoms with van der Waals surface area (Å²) < 4.78 is 21.4. The summed E-state index contributed by atoms with van der Waals surface area (Å²) in [4.78, 5) is 24.6. The molecular weight excluding hydrogens is 312 g/mol. The first kappa shape index (κ1) is 16.9. The molecule has 6 heteroatoms. The van der Waals surface area contributed by atoms with E-state index in [1.54, 1.807) is 24.3 Å². The molecule has 2 fully saturated rings. The highest BCUT2D eigenvalue weighted by Gasteiger charge is 2.23. The molecule has 0 saturated carbocycles. The lowest BCUT2D eigenvalue weighted by atomic mass is 10.1. The maximum absolute atomic E-state index is 12.3. The van der Waals surface area contributed by atoms with E-state index in [0.29, 0.717) is 13.2 Å². The highest BCUT2D eigenvalue weighted by atomic mass is 16.6. The third kappa shape index (κ3) is 4.33. The van der Waals surface area contributed by atoms with Gasteiger partial charge < -0.3 is 18.9 Å². The summed E-state index contributed by atoms with van der Waals surface area (Å²) >= 11 is 0. The number of rotatable bonds is 6. The van der Waals surface area contributed by atoms with Gasteiger partial charge in [0.25, 0.3) is 0 Å². The predicted molar refractivity (Wildman–Crippen MR) is 85.0 cm³/mol. The summed E-state index contributed by atoms with van der Waals surface area (Å²) in [5, 5.41) is 0. The number of hydrogen-bond donors (Lipinski definition) is 0. The lowest BCUT2D eigenvalue weighted by Gasteiger charge is -2.13. The number of ether oxygens (including phenoxy) is 4. The van der Waals surface area contributed by atoms with Crippen LogP contribution in [-0.4, -0.2) is 50.6 Å². The molecule has 1 aromatic rings. The second-order valence-electron chi connectivity index (χ2n) is 6.01. The van der Waals surface area contributed by atoms with Gasteiger partial charge in [0.05, 0.1) is 23.3 Å². The fourth-order valence-electron chi connectivity index (χ4n) is 2.88. The lowest BCUT2D eigenvalue weighted by molar-refractivity contribution is 0.0130. The van der Waals surface area contributed by atoms with Crippen LogP contribution in [0.2, 0.25) is 0 Å². The SMILES string of the molecule is O=C(OC[C@H]1CCCO1)c1ccccc1C(=O)OC[C@@H]1CCCO1. The number of hydrogen-bond acceptors (Lipinski definition) is 6. The second kappa shape index (κ2) is 8.26. The Bertz CT molecular complexity index is 522. The molecule has 0 spiro atoms. The van der Waals surface area contributed by atoms with Gasteiger partial charge in [-0.3, -0.25) is 0 Å². The largest absolute Gasteiger partial charge is 0.459 e. The average molecular weight is 334 g/mol. The van der Waals surface area contributed by atoms with Crippen LogP contribution in [0.5, 0.6) is 0 Å². The predicted octanol–water partition coefficient (Wildman–Crippen LogP) is 2.36. The molecule has 2 atom stereocenters. The van der Waals surface area contributed by atoms with Crippen molar-refractivity contribution >= 4 is 11.9 Å². The Labute approximate surface area is 141 Å². The Balaban J connectivity index is 1.58. The van der Waals surface area contributed by atoms with Crippen molar-refractivity contribution in [3.8, 4) is 0 Å². The molecule has 0 aromatic heterocycles. The van der Waals surface area contributed by atoms with E-state index in [-0.39, 0.29) is 36.5 Å². The first-order valence-corrected chi connectivity index (χ1v) is 8.40. The smallest absolute Gasteiger partial charge is 0.339 e. The number of carbonyl (C=O) groups is 2. The molecule has 0 amide bonds. The Morgan fingerprint density at radius 2 is 1.33 bits per heavy atom. The van der Waals surface area contributed by atoms with Gasteiger partial charge in [0.2, 0.25) is 0 Å².